The van der Waals surface area contributed by atoms with E-state index in [1.807, 2.05) is 13.0 Å². The lowest BCUT2D eigenvalue weighted by Crippen LogP contribution is -2.23. The minimum atomic E-state index is -3.66. The van der Waals surface area contributed by atoms with Gasteiger partial charge in [0.05, 0.1) is 14.9 Å². The highest BCUT2D eigenvalue weighted by Gasteiger charge is 2.15. The average molecular weight is 345 g/mol. The van der Waals surface area contributed by atoms with Gasteiger partial charge in [0.25, 0.3) is 0 Å². The van der Waals surface area contributed by atoms with Crippen LogP contribution in [0.1, 0.15) is 11.1 Å². The summed E-state index contributed by atoms with van der Waals surface area (Å²) < 4.78 is 27.0. The van der Waals surface area contributed by atoms with Crippen molar-refractivity contribution in [3.8, 4) is 0 Å². The summed E-state index contributed by atoms with van der Waals surface area (Å²) in [6, 6.07) is 9.55. The molecule has 3 N–H and O–H groups in total. The molecule has 2 aromatic rings. The molecule has 0 spiro atoms. The predicted octanol–water partition coefficient (Wildman–Crippen LogP) is 3.36. The molecule has 0 saturated heterocycles. The number of nitrogen functional groups attached to an aromatic ring is 1. The van der Waals surface area contributed by atoms with E-state index in [1.165, 1.54) is 18.2 Å². The van der Waals surface area contributed by atoms with Crippen LogP contribution in [0.25, 0.3) is 0 Å². The first-order valence-electron chi connectivity index (χ1n) is 6.10. The highest BCUT2D eigenvalue weighted by Crippen LogP contribution is 2.25. The number of hydrogen-bond acceptors (Lipinski definition) is 3. The van der Waals surface area contributed by atoms with E-state index < -0.39 is 10.0 Å². The maximum Gasteiger partial charge on any atom is 0.240 e. The molecule has 2 aromatic carbocycles. The van der Waals surface area contributed by atoms with Gasteiger partial charge in [-0.15, -0.1) is 0 Å². The molecule has 2 rings (SSSR count). The van der Waals surface area contributed by atoms with E-state index in [1.54, 1.807) is 12.1 Å². The van der Waals surface area contributed by atoms with Gasteiger partial charge < -0.3 is 5.73 Å². The van der Waals surface area contributed by atoms with Crippen LogP contribution < -0.4 is 10.5 Å². The Hall–Kier alpha value is -1.27. The Morgan fingerprint density at radius 1 is 1.14 bits per heavy atom. The van der Waals surface area contributed by atoms with Crippen molar-refractivity contribution in [3.63, 3.8) is 0 Å². The molecule has 0 saturated carbocycles. The number of benzene rings is 2. The summed E-state index contributed by atoms with van der Waals surface area (Å²) in [6.45, 7) is 2.00. The molecule has 0 fully saturated rings. The van der Waals surface area contributed by atoms with Gasteiger partial charge in [0, 0.05) is 12.2 Å². The first-order chi connectivity index (χ1) is 9.81. The fourth-order valence-corrected chi connectivity index (χ4v) is 3.19. The second-order valence-corrected chi connectivity index (χ2v) is 7.11. The highest BCUT2D eigenvalue weighted by molar-refractivity contribution is 7.89. The van der Waals surface area contributed by atoms with Crippen molar-refractivity contribution in [2.75, 3.05) is 5.73 Å². The molecule has 21 heavy (non-hydrogen) atoms. The van der Waals surface area contributed by atoms with Crippen LogP contribution in [0.4, 0.5) is 5.69 Å². The SMILES string of the molecule is Cc1c(N)cccc1CNS(=O)(=O)c1ccc(Cl)c(Cl)c1. The molecule has 0 atom stereocenters. The topological polar surface area (TPSA) is 72.2 Å². The average Bonchev–Trinajstić information content (AvgIpc) is 2.43. The van der Waals surface area contributed by atoms with Crippen molar-refractivity contribution >= 4 is 38.9 Å². The first-order valence-corrected chi connectivity index (χ1v) is 8.34. The van der Waals surface area contributed by atoms with Crippen LogP contribution in [-0.2, 0) is 16.6 Å². The minimum absolute atomic E-state index is 0.0680. The molecule has 0 bridgehead atoms. The van der Waals surface area contributed by atoms with E-state index in [4.69, 9.17) is 28.9 Å². The Kier molecular flexibility index (Phi) is 4.78. The third-order valence-electron chi connectivity index (χ3n) is 3.14. The van der Waals surface area contributed by atoms with E-state index in [0.29, 0.717) is 10.7 Å². The monoisotopic (exact) mass is 344 g/mol. The number of anilines is 1. The van der Waals surface area contributed by atoms with Crippen LogP contribution in [0.2, 0.25) is 10.0 Å². The Morgan fingerprint density at radius 2 is 1.86 bits per heavy atom. The van der Waals surface area contributed by atoms with Crippen LogP contribution >= 0.6 is 23.2 Å². The minimum Gasteiger partial charge on any atom is -0.399 e. The van der Waals surface area contributed by atoms with Crippen molar-refractivity contribution in [1.82, 2.24) is 4.72 Å². The summed E-state index contributed by atoms with van der Waals surface area (Å²) >= 11 is 11.6. The summed E-state index contributed by atoms with van der Waals surface area (Å²) in [4.78, 5) is 0.0680. The Labute approximate surface area is 133 Å². The van der Waals surface area contributed by atoms with Gasteiger partial charge in [0.15, 0.2) is 0 Å². The van der Waals surface area contributed by atoms with Gasteiger partial charge in [-0.2, -0.15) is 0 Å². The highest BCUT2D eigenvalue weighted by atomic mass is 35.5. The van der Waals surface area contributed by atoms with E-state index in [9.17, 15) is 8.42 Å². The third kappa shape index (κ3) is 3.68. The Balaban J connectivity index is 2.22. The van der Waals surface area contributed by atoms with Crippen molar-refractivity contribution in [1.29, 1.82) is 0 Å². The molecule has 0 aliphatic heterocycles. The third-order valence-corrected chi connectivity index (χ3v) is 5.28. The summed E-state index contributed by atoms with van der Waals surface area (Å²) in [5, 5.41) is 0.502. The normalized spacial score (nSPS) is 11.6. The molecular formula is C14H14Cl2N2O2S. The lowest BCUT2D eigenvalue weighted by atomic mass is 10.1. The lowest BCUT2D eigenvalue weighted by Gasteiger charge is -2.11. The van der Waals surface area contributed by atoms with E-state index in [0.717, 1.165) is 11.1 Å². The summed E-state index contributed by atoms with van der Waals surface area (Å²) in [5.74, 6) is 0. The van der Waals surface area contributed by atoms with E-state index in [-0.39, 0.29) is 16.5 Å². The van der Waals surface area contributed by atoms with Gasteiger partial charge in [-0.1, -0.05) is 35.3 Å². The van der Waals surface area contributed by atoms with E-state index in [2.05, 4.69) is 4.72 Å². The maximum absolute atomic E-state index is 12.2. The van der Waals surface area contributed by atoms with Gasteiger partial charge in [0.1, 0.15) is 0 Å². The van der Waals surface area contributed by atoms with E-state index >= 15 is 0 Å². The number of hydrogen-bond donors (Lipinski definition) is 2. The second kappa shape index (κ2) is 6.23. The Bertz CT molecular complexity index is 777. The van der Waals surface area contributed by atoms with Crippen LogP contribution in [0.3, 0.4) is 0 Å². The zero-order valence-electron chi connectivity index (χ0n) is 11.2. The molecule has 0 aliphatic rings. The maximum atomic E-state index is 12.2. The summed E-state index contributed by atoms with van der Waals surface area (Å²) in [7, 11) is -3.66. The fraction of sp³-hybridized carbons (Fsp3) is 0.143. The van der Waals surface area contributed by atoms with Crippen molar-refractivity contribution < 1.29 is 8.42 Å². The standard InChI is InChI=1S/C14H14Cl2N2O2S/c1-9-10(3-2-4-14(9)17)8-18-21(19,20)11-5-6-12(15)13(16)7-11/h2-7,18H,8,17H2,1H3. The van der Waals surface area contributed by atoms with Crippen molar-refractivity contribution in [2.45, 2.75) is 18.4 Å². The zero-order chi connectivity index (χ0) is 15.6. The van der Waals surface area contributed by atoms with Crippen LogP contribution in [-0.4, -0.2) is 8.42 Å². The van der Waals surface area contributed by atoms with Gasteiger partial charge >= 0.3 is 0 Å². The number of nitrogens with one attached hydrogen (secondary N) is 1. The van der Waals surface area contributed by atoms with Gasteiger partial charge in [-0.25, -0.2) is 13.1 Å². The quantitative estimate of drug-likeness (QED) is 0.835. The number of rotatable bonds is 4. The molecule has 112 valence electrons. The molecule has 0 aromatic heterocycles. The largest absolute Gasteiger partial charge is 0.399 e. The molecule has 0 radical (unpaired) electrons. The molecule has 0 aliphatic carbocycles. The van der Waals surface area contributed by atoms with Crippen molar-refractivity contribution in [2.24, 2.45) is 0 Å². The number of nitrogens with two attached hydrogens (primary N) is 1. The van der Waals surface area contributed by atoms with Gasteiger partial charge in [-0.05, 0) is 42.3 Å². The molecular weight excluding hydrogens is 331 g/mol. The second-order valence-electron chi connectivity index (χ2n) is 4.53. The van der Waals surface area contributed by atoms with Crippen LogP contribution in [0.5, 0.6) is 0 Å². The molecule has 7 heteroatoms. The predicted molar refractivity (Wildman–Crippen MR) is 86.1 cm³/mol. The van der Waals surface area contributed by atoms with Crippen molar-refractivity contribution in [3.05, 3.63) is 57.6 Å². The Morgan fingerprint density at radius 3 is 2.52 bits per heavy atom. The van der Waals surface area contributed by atoms with Gasteiger partial charge in [-0.3, -0.25) is 0 Å². The van der Waals surface area contributed by atoms with Crippen LogP contribution in [0, 0.1) is 6.92 Å². The zero-order valence-corrected chi connectivity index (χ0v) is 13.6. The fourth-order valence-electron chi connectivity index (χ4n) is 1.79. The number of halogens is 2. The molecule has 0 unspecified atom stereocenters. The number of sulfonamides is 1. The lowest BCUT2D eigenvalue weighted by molar-refractivity contribution is 0.581. The smallest absolute Gasteiger partial charge is 0.240 e. The first kappa shape index (κ1) is 16.1. The summed E-state index contributed by atoms with van der Waals surface area (Å²) in [5.41, 5.74) is 8.10. The molecule has 4 nitrogen and oxygen atoms in total. The van der Waals surface area contributed by atoms with Crippen LogP contribution in [0.15, 0.2) is 41.3 Å². The molecule has 0 amide bonds. The molecule has 0 heterocycles. The summed E-state index contributed by atoms with van der Waals surface area (Å²) in [6.07, 6.45) is 0. The van der Waals surface area contributed by atoms with Gasteiger partial charge in [0.2, 0.25) is 10.0 Å².